The zero-order valence-electron chi connectivity index (χ0n) is 12.0. The third kappa shape index (κ3) is 3.17. The molecule has 1 saturated heterocycles. The number of rotatable bonds is 2. The Balaban J connectivity index is 2.21. The second kappa shape index (κ2) is 6.53. The van der Waals surface area contributed by atoms with E-state index in [4.69, 9.17) is 5.11 Å². The van der Waals surface area contributed by atoms with E-state index in [0.717, 1.165) is 13.1 Å². The summed E-state index contributed by atoms with van der Waals surface area (Å²) in [4.78, 5) is 18.6. The summed E-state index contributed by atoms with van der Waals surface area (Å²) >= 11 is 0. The van der Waals surface area contributed by atoms with Crippen molar-refractivity contribution in [3.05, 3.63) is 29.6 Å². The van der Waals surface area contributed by atoms with E-state index in [1.54, 1.807) is 18.3 Å². The number of aliphatic hydroxyl groups excluding tert-OH is 1. The lowest BCUT2D eigenvalue weighted by atomic mass is 10.0. The number of pyridine rings is 1. The second-order valence-corrected chi connectivity index (χ2v) is 5.34. The Morgan fingerprint density at radius 1 is 1.45 bits per heavy atom. The molecule has 4 heteroatoms. The van der Waals surface area contributed by atoms with Gasteiger partial charge in [-0.25, -0.2) is 4.98 Å². The van der Waals surface area contributed by atoms with Crippen LogP contribution in [-0.2, 0) is 0 Å². The van der Waals surface area contributed by atoms with Crippen LogP contribution in [0.15, 0.2) is 18.3 Å². The highest BCUT2D eigenvalue weighted by atomic mass is 16.2. The lowest BCUT2D eigenvalue weighted by Gasteiger charge is -2.16. The summed E-state index contributed by atoms with van der Waals surface area (Å²) in [5, 5.41) is 8.76. The maximum absolute atomic E-state index is 12.5. The number of aliphatic hydroxyl groups is 1. The van der Waals surface area contributed by atoms with Crippen molar-refractivity contribution in [3.63, 3.8) is 0 Å². The molecule has 20 heavy (non-hydrogen) atoms. The summed E-state index contributed by atoms with van der Waals surface area (Å²) in [7, 11) is 0. The van der Waals surface area contributed by atoms with E-state index in [-0.39, 0.29) is 12.5 Å². The predicted molar refractivity (Wildman–Crippen MR) is 77.0 cm³/mol. The first-order valence-corrected chi connectivity index (χ1v) is 6.97. The fraction of sp³-hybridized carbons (Fsp3) is 0.500. The topological polar surface area (TPSA) is 53.4 Å². The minimum atomic E-state index is -0.0462. The summed E-state index contributed by atoms with van der Waals surface area (Å²) in [6.45, 7) is 5.91. The Labute approximate surface area is 119 Å². The minimum Gasteiger partial charge on any atom is -0.395 e. The van der Waals surface area contributed by atoms with Crippen LogP contribution in [0, 0.1) is 23.7 Å². The minimum absolute atomic E-state index is 0.0255. The molecule has 106 valence electrons. The van der Waals surface area contributed by atoms with Crippen LogP contribution < -0.4 is 0 Å². The first-order valence-electron chi connectivity index (χ1n) is 6.97. The van der Waals surface area contributed by atoms with Crippen molar-refractivity contribution in [3.8, 4) is 11.8 Å². The summed E-state index contributed by atoms with van der Waals surface area (Å²) in [6, 6.07) is 3.57. The number of hydrogen-bond donors (Lipinski definition) is 1. The van der Waals surface area contributed by atoms with Gasteiger partial charge < -0.3 is 10.0 Å². The van der Waals surface area contributed by atoms with Gasteiger partial charge in [-0.15, -0.1) is 0 Å². The molecule has 0 radical (unpaired) electrons. The van der Waals surface area contributed by atoms with E-state index in [1.165, 1.54) is 0 Å². The standard InChI is InChI=1S/C16H20N2O2/c1-12-10-18(11-13(12)2)16(20)15-14(6-3-4-9-19)7-5-8-17-15/h5,7-8,12-13,19H,4,9-11H2,1-2H3. The molecule has 2 rings (SSSR count). The molecule has 4 nitrogen and oxygen atoms in total. The van der Waals surface area contributed by atoms with Crippen molar-refractivity contribution in [2.45, 2.75) is 20.3 Å². The molecule has 2 atom stereocenters. The molecule has 1 N–H and O–H groups in total. The molecule has 1 fully saturated rings. The number of amides is 1. The van der Waals surface area contributed by atoms with Gasteiger partial charge in [0.2, 0.25) is 0 Å². The molecule has 0 saturated carbocycles. The van der Waals surface area contributed by atoms with Crippen molar-refractivity contribution in [1.82, 2.24) is 9.88 Å². The molecule has 1 aromatic rings. The Bertz CT molecular complexity index is 535. The van der Waals surface area contributed by atoms with Crippen LogP contribution in [0.25, 0.3) is 0 Å². The van der Waals surface area contributed by atoms with Gasteiger partial charge in [0.1, 0.15) is 5.69 Å². The molecule has 0 bridgehead atoms. The van der Waals surface area contributed by atoms with E-state index in [0.29, 0.717) is 29.5 Å². The summed E-state index contributed by atoms with van der Waals surface area (Å²) < 4.78 is 0. The first-order chi connectivity index (χ1) is 9.63. The molecule has 2 heterocycles. The molecular formula is C16H20N2O2. The molecule has 0 aromatic carbocycles. The van der Waals surface area contributed by atoms with E-state index in [1.807, 2.05) is 4.90 Å². The van der Waals surface area contributed by atoms with Crippen LogP contribution in [0.3, 0.4) is 0 Å². The summed E-state index contributed by atoms with van der Waals surface area (Å²) in [5.41, 5.74) is 1.05. The third-order valence-corrected chi connectivity index (χ3v) is 3.75. The Morgan fingerprint density at radius 2 is 2.15 bits per heavy atom. The molecular weight excluding hydrogens is 252 g/mol. The zero-order valence-corrected chi connectivity index (χ0v) is 12.0. The monoisotopic (exact) mass is 272 g/mol. The molecule has 1 aliphatic rings. The highest BCUT2D eigenvalue weighted by molar-refractivity contribution is 5.95. The fourth-order valence-corrected chi connectivity index (χ4v) is 2.34. The molecule has 1 aromatic heterocycles. The van der Waals surface area contributed by atoms with Crippen LogP contribution >= 0.6 is 0 Å². The highest BCUT2D eigenvalue weighted by Crippen LogP contribution is 2.23. The van der Waals surface area contributed by atoms with Gasteiger partial charge in [-0.05, 0) is 24.0 Å². The number of carbonyl (C=O) groups is 1. The molecule has 0 spiro atoms. The Morgan fingerprint density at radius 3 is 2.80 bits per heavy atom. The van der Waals surface area contributed by atoms with Crippen LogP contribution in [0.4, 0.5) is 0 Å². The quantitative estimate of drug-likeness (QED) is 0.831. The summed E-state index contributed by atoms with van der Waals surface area (Å²) in [5.74, 6) is 6.76. The average molecular weight is 272 g/mol. The van der Waals surface area contributed by atoms with Gasteiger partial charge in [-0.2, -0.15) is 0 Å². The van der Waals surface area contributed by atoms with E-state index < -0.39 is 0 Å². The number of carbonyl (C=O) groups excluding carboxylic acids is 1. The number of hydrogen-bond acceptors (Lipinski definition) is 3. The SMILES string of the molecule is CC1CN(C(=O)c2ncccc2C#CCCO)CC1C. The van der Waals surface area contributed by atoms with Crippen molar-refractivity contribution in [2.24, 2.45) is 11.8 Å². The number of nitrogens with zero attached hydrogens (tertiary/aromatic N) is 2. The molecule has 1 amide bonds. The maximum Gasteiger partial charge on any atom is 0.273 e. The van der Waals surface area contributed by atoms with Gasteiger partial charge in [-0.3, -0.25) is 4.79 Å². The Kier molecular flexibility index (Phi) is 4.75. The van der Waals surface area contributed by atoms with Gasteiger partial charge in [0.05, 0.1) is 12.2 Å². The highest BCUT2D eigenvalue weighted by Gasteiger charge is 2.31. The maximum atomic E-state index is 12.5. The smallest absolute Gasteiger partial charge is 0.273 e. The van der Waals surface area contributed by atoms with Gasteiger partial charge in [0, 0.05) is 25.7 Å². The molecule has 2 unspecified atom stereocenters. The molecule has 0 aliphatic carbocycles. The van der Waals surface area contributed by atoms with Crippen LogP contribution in [0.1, 0.15) is 36.3 Å². The molecule has 1 aliphatic heterocycles. The largest absolute Gasteiger partial charge is 0.395 e. The van der Waals surface area contributed by atoms with E-state index in [9.17, 15) is 4.79 Å². The van der Waals surface area contributed by atoms with Crippen LogP contribution in [0.2, 0.25) is 0 Å². The zero-order chi connectivity index (χ0) is 14.5. The van der Waals surface area contributed by atoms with Crippen LogP contribution in [0.5, 0.6) is 0 Å². The lowest BCUT2D eigenvalue weighted by molar-refractivity contribution is 0.0779. The normalized spacial score (nSPS) is 21.4. The van der Waals surface area contributed by atoms with Crippen molar-refractivity contribution in [2.75, 3.05) is 19.7 Å². The van der Waals surface area contributed by atoms with Gasteiger partial charge in [-0.1, -0.05) is 25.7 Å². The van der Waals surface area contributed by atoms with Gasteiger partial charge >= 0.3 is 0 Å². The van der Waals surface area contributed by atoms with Gasteiger partial charge in [0.25, 0.3) is 5.91 Å². The van der Waals surface area contributed by atoms with Crippen LogP contribution in [-0.4, -0.2) is 40.6 Å². The Hall–Kier alpha value is -1.86. The van der Waals surface area contributed by atoms with Crippen molar-refractivity contribution in [1.29, 1.82) is 0 Å². The average Bonchev–Trinajstić information content (AvgIpc) is 2.79. The first kappa shape index (κ1) is 14.5. The lowest BCUT2D eigenvalue weighted by Crippen LogP contribution is -2.30. The fourth-order valence-electron chi connectivity index (χ4n) is 2.34. The van der Waals surface area contributed by atoms with E-state index in [2.05, 4.69) is 30.7 Å². The summed E-state index contributed by atoms with van der Waals surface area (Å²) in [6.07, 6.45) is 2.02. The van der Waals surface area contributed by atoms with Crippen molar-refractivity contribution < 1.29 is 9.90 Å². The number of aromatic nitrogens is 1. The predicted octanol–water partition coefficient (Wildman–Crippen LogP) is 1.54. The number of likely N-dealkylation sites (tertiary alicyclic amines) is 1. The van der Waals surface area contributed by atoms with E-state index >= 15 is 0 Å². The second-order valence-electron chi connectivity index (χ2n) is 5.34. The van der Waals surface area contributed by atoms with Gasteiger partial charge in [0.15, 0.2) is 0 Å². The third-order valence-electron chi connectivity index (χ3n) is 3.75. The van der Waals surface area contributed by atoms with Crippen molar-refractivity contribution >= 4 is 5.91 Å².